The Bertz CT molecular complexity index is 1280. The first-order chi connectivity index (χ1) is 15.7. The molecule has 2 fully saturated rings. The summed E-state index contributed by atoms with van der Waals surface area (Å²) >= 11 is 0. The van der Waals surface area contributed by atoms with Crippen molar-refractivity contribution in [3.63, 3.8) is 0 Å². The lowest BCUT2D eigenvalue weighted by molar-refractivity contribution is -0.665. The number of nitrogens with zero attached hydrogens (tertiary/aromatic N) is 1. The van der Waals surface area contributed by atoms with Crippen LogP contribution in [0.4, 0.5) is 0 Å². The monoisotopic (exact) mass is 441 g/mol. The van der Waals surface area contributed by atoms with Crippen LogP contribution in [0.2, 0.25) is 25.2 Å². The molecule has 1 aromatic heterocycles. The lowest BCUT2D eigenvalue weighted by Gasteiger charge is -2.33. The fraction of sp³-hybridized carbons (Fsp3) is 0.500. The van der Waals surface area contributed by atoms with Gasteiger partial charge in [-0.15, -0.1) is 0 Å². The number of aromatic nitrogens is 1. The molecule has 2 unspecified atom stereocenters. The van der Waals surface area contributed by atoms with Crippen molar-refractivity contribution < 1.29 is 5.94 Å². The zero-order valence-electron chi connectivity index (χ0n) is 21.5. The van der Waals surface area contributed by atoms with Crippen molar-refractivity contribution in [1.29, 1.82) is 0 Å². The van der Waals surface area contributed by atoms with Crippen molar-refractivity contribution >= 4 is 18.8 Å². The Labute approximate surface area is 196 Å². The molecule has 1 saturated carbocycles. The highest BCUT2D eigenvalue weighted by molar-refractivity contribution is 6.77. The molecule has 2 aromatic carbocycles. The van der Waals surface area contributed by atoms with Gasteiger partial charge >= 0.3 is 0 Å². The molecule has 6 rings (SSSR count). The van der Waals surface area contributed by atoms with Crippen LogP contribution >= 0.6 is 0 Å². The van der Waals surface area contributed by atoms with Gasteiger partial charge < -0.3 is 0 Å². The topological polar surface area (TPSA) is 3.88 Å². The molecule has 3 aromatic rings. The molecule has 1 saturated heterocycles. The summed E-state index contributed by atoms with van der Waals surface area (Å²) in [6.07, 6.45) is 6.76. The molecule has 2 heteroatoms. The molecule has 1 nitrogen and oxygen atoms in total. The zero-order chi connectivity index (χ0) is 23.1. The van der Waals surface area contributed by atoms with E-state index in [2.05, 4.69) is 68.9 Å². The third-order valence-electron chi connectivity index (χ3n) is 9.26. The Kier molecular flexibility index (Phi) is 4.45. The number of hydrogen-bond donors (Lipinski definition) is 0. The quantitative estimate of drug-likeness (QED) is 0.281. The summed E-state index contributed by atoms with van der Waals surface area (Å²) < 4.78 is 11.3. The molecule has 0 N–H and O–H groups in total. The molecule has 2 heterocycles. The van der Waals surface area contributed by atoms with E-state index < -0.39 is 8.07 Å². The molecule has 166 valence electrons. The minimum atomic E-state index is -0.960. The van der Waals surface area contributed by atoms with E-state index >= 15 is 0 Å². The van der Waals surface area contributed by atoms with E-state index in [-0.39, 0.29) is 0 Å². The van der Waals surface area contributed by atoms with Crippen LogP contribution in [0, 0.1) is 13.8 Å². The third-order valence-corrected chi connectivity index (χ3v) is 12.5. The van der Waals surface area contributed by atoms with Gasteiger partial charge in [-0.1, -0.05) is 43.4 Å². The van der Waals surface area contributed by atoms with Gasteiger partial charge in [0.2, 0.25) is 5.69 Å². The van der Waals surface area contributed by atoms with Gasteiger partial charge in [0.1, 0.15) is 7.05 Å². The second-order valence-electron chi connectivity index (χ2n) is 11.9. The van der Waals surface area contributed by atoms with Crippen LogP contribution in [0.3, 0.4) is 0 Å². The van der Waals surface area contributed by atoms with Gasteiger partial charge in [0.15, 0.2) is 5.69 Å². The van der Waals surface area contributed by atoms with Gasteiger partial charge in [-0.25, -0.2) is 0 Å². The van der Waals surface area contributed by atoms with E-state index in [1.165, 1.54) is 72.0 Å². The number of aryl methyl sites for hydroxylation is 1. The second-order valence-corrected chi connectivity index (χ2v) is 17.2. The van der Waals surface area contributed by atoms with Crippen molar-refractivity contribution in [3.8, 4) is 11.3 Å². The van der Waals surface area contributed by atoms with Gasteiger partial charge in [0, 0.05) is 21.0 Å². The average Bonchev–Trinajstić information content (AvgIpc) is 3.40. The molecule has 2 aliphatic carbocycles. The third kappa shape index (κ3) is 3.21. The highest BCUT2D eigenvalue weighted by Crippen LogP contribution is 2.54. The van der Waals surface area contributed by atoms with E-state index in [1.54, 1.807) is 11.1 Å². The first-order valence-electron chi connectivity index (χ1n) is 13.3. The van der Waals surface area contributed by atoms with Crippen LogP contribution in [-0.2, 0) is 7.05 Å². The summed E-state index contributed by atoms with van der Waals surface area (Å²) in [5.41, 5.74) is 9.81. The Hall–Kier alpha value is -1.93. The molecule has 0 amide bonds. The van der Waals surface area contributed by atoms with E-state index in [0.29, 0.717) is 12.0 Å². The van der Waals surface area contributed by atoms with E-state index in [0.717, 1.165) is 22.9 Å². The largest absolute Gasteiger partial charge is 0.220 e. The molecular formula is C30H38NSi+. The summed E-state index contributed by atoms with van der Waals surface area (Å²) in [7, 11) is 1.20. The van der Waals surface area contributed by atoms with Crippen LogP contribution in [0.5, 0.6) is 0 Å². The van der Waals surface area contributed by atoms with Crippen molar-refractivity contribution in [1.82, 2.24) is 0 Å². The molecule has 0 spiro atoms. The van der Waals surface area contributed by atoms with Crippen LogP contribution < -0.4 is 4.57 Å². The molecule has 32 heavy (non-hydrogen) atoms. The summed E-state index contributed by atoms with van der Waals surface area (Å²) in [5.74, 6) is 2.24. The number of pyridine rings is 1. The van der Waals surface area contributed by atoms with Crippen LogP contribution in [0.15, 0.2) is 36.4 Å². The van der Waals surface area contributed by atoms with E-state index in [4.69, 9.17) is 1.37 Å². The van der Waals surface area contributed by atoms with Gasteiger partial charge in [0.05, 0.1) is 12.3 Å². The summed E-state index contributed by atoms with van der Waals surface area (Å²) in [5, 5.41) is 2.38. The number of fused-ring (bicyclic) bond motifs is 6. The molecule has 2 bridgehead atoms. The van der Waals surface area contributed by atoms with Crippen molar-refractivity contribution in [3.05, 3.63) is 64.3 Å². The van der Waals surface area contributed by atoms with Gasteiger partial charge in [0.25, 0.3) is 0 Å². The van der Waals surface area contributed by atoms with Crippen LogP contribution in [0.1, 0.15) is 79.2 Å². The maximum atomic E-state index is 8.99. The molecular weight excluding hydrogens is 402 g/mol. The number of benzene rings is 2. The average molecular weight is 442 g/mol. The lowest BCUT2D eigenvalue weighted by Crippen LogP contribution is -2.35. The number of rotatable bonds is 2. The summed E-state index contributed by atoms with van der Waals surface area (Å²) in [6, 6.07) is 15.7. The summed E-state index contributed by atoms with van der Waals surface area (Å²) in [6.45, 7) is 9.51. The first-order valence-corrected chi connectivity index (χ1v) is 16.2. The molecule has 2 atom stereocenters. The van der Waals surface area contributed by atoms with E-state index in [9.17, 15) is 0 Å². The maximum Gasteiger partial charge on any atom is 0.220 e. The number of hydrogen-bond acceptors (Lipinski definition) is 0. The zero-order valence-corrected chi connectivity index (χ0v) is 21.5. The Morgan fingerprint density at radius 3 is 2.31 bits per heavy atom. The van der Waals surface area contributed by atoms with Crippen molar-refractivity contribution in [2.24, 2.45) is 7.05 Å². The van der Waals surface area contributed by atoms with Crippen LogP contribution in [-0.4, -0.2) is 8.07 Å². The molecule has 0 radical (unpaired) electrons. The van der Waals surface area contributed by atoms with Gasteiger partial charge in [-0.2, -0.15) is 4.57 Å². The molecule has 1 aliphatic heterocycles. The molecule has 3 aliphatic rings. The summed E-state index contributed by atoms with van der Waals surface area (Å²) in [4.78, 5) is 0. The minimum Gasteiger partial charge on any atom is -0.198 e. The minimum absolute atomic E-state index is 0.671. The Morgan fingerprint density at radius 2 is 1.59 bits per heavy atom. The fourth-order valence-corrected chi connectivity index (χ4v) is 9.58. The van der Waals surface area contributed by atoms with Crippen molar-refractivity contribution in [2.75, 3.05) is 0 Å². The van der Waals surface area contributed by atoms with Crippen LogP contribution in [0.25, 0.3) is 22.0 Å². The lowest BCUT2D eigenvalue weighted by atomic mass is 9.86. The second kappa shape index (κ2) is 7.28. The van der Waals surface area contributed by atoms with E-state index in [1.807, 2.05) is 0 Å². The SMILES string of the molecule is [2H]c1c(C)[n+](C)c(-c2cc3c(cc2C)C2CCC3C2)c2ccc(C3CC[Si](C)(C)CC3)cc12. The highest BCUT2D eigenvalue weighted by Gasteiger charge is 2.38. The van der Waals surface area contributed by atoms with Gasteiger partial charge in [-0.3, -0.25) is 0 Å². The Morgan fingerprint density at radius 1 is 0.906 bits per heavy atom. The standard InChI is InChI=1S/C30H38NSi/c1-19-14-28-23-6-7-24(17-23)29(28)18-27(19)30-26-9-8-22(16-25(26)15-20(2)31(30)3)21-10-12-32(4,5)13-11-21/h8-9,14-16,18,21,23-24H,6-7,10-13,17H2,1-5H3/q+1/i15D. The predicted octanol–water partition coefficient (Wildman–Crippen LogP) is 7.90. The van der Waals surface area contributed by atoms with Crippen molar-refractivity contribution in [2.45, 2.75) is 88.9 Å². The fourth-order valence-electron chi connectivity index (χ4n) is 7.07. The predicted molar refractivity (Wildman–Crippen MR) is 138 cm³/mol. The first kappa shape index (κ1) is 19.5. The highest BCUT2D eigenvalue weighted by atomic mass is 28.3. The smallest absolute Gasteiger partial charge is 0.198 e. The maximum absolute atomic E-state index is 8.99. The van der Waals surface area contributed by atoms with Gasteiger partial charge in [-0.05, 0) is 96.6 Å². The Balaban J connectivity index is 1.50. The normalized spacial score (nSPS) is 24.7.